The SMILES string of the molecule is Cc1cc(F)c(Br)cc1NC(=O)c1ccc(F)cc1. The quantitative estimate of drug-likeness (QED) is 0.876. The molecule has 1 amide bonds. The van der Waals surface area contributed by atoms with Crippen molar-refractivity contribution in [2.45, 2.75) is 6.92 Å². The topological polar surface area (TPSA) is 29.1 Å². The zero-order valence-electron chi connectivity index (χ0n) is 10.0. The van der Waals surface area contributed by atoms with Crippen molar-refractivity contribution < 1.29 is 13.6 Å². The average Bonchev–Trinajstić information content (AvgIpc) is 2.36. The van der Waals surface area contributed by atoms with Gasteiger partial charge in [0.25, 0.3) is 5.91 Å². The maximum atomic E-state index is 13.3. The molecule has 98 valence electrons. The number of halogens is 3. The van der Waals surface area contributed by atoms with E-state index in [0.29, 0.717) is 16.8 Å². The van der Waals surface area contributed by atoms with Crippen LogP contribution in [0.15, 0.2) is 40.9 Å². The van der Waals surface area contributed by atoms with Crippen molar-refractivity contribution in [3.05, 3.63) is 63.6 Å². The van der Waals surface area contributed by atoms with Crippen LogP contribution >= 0.6 is 15.9 Å². The van der Waals surface area contributed by atoms with Gasteiger partial charge in [-0.2, -0.15) is 0 Å². The fourth-order valence-corrected chi connectivity index (χ4v) is 1.92. The van der Waals surface area contributed by atoms with Gasteiger partial charge in [-0.25, -0.2) is 8.78 Å². The Morgan fingerprint density at radius 1 is 1.16 bits per heavy atom. The van der Waals surface area contributed by atoms with Crippen LogP contribution in [0, 0.1) is 18.6 Å². The molecule has 0 atom stereocenters. The van der Waals surface area contributed by atoms with Crippen LogP contribution < -0.4 is 5.32 Å². The highest BCUT2D eigenvalue weighted by molar-refractivity contribution is 9.10. The summed E-state index contributed by atoms with van der Waals surface area (Å²) in [6, 6.07) is 8.01. The van der Waals surface area contributed by atoms with Crippen LogP contribution in [0.4, 0.5) is 14.5 Å². The van der Waals surface area contributed by atoms with Crippen molar-refractivity contribution in [2.75, 3.05) is 5.32 Å². The van der Waals surface area contributed by atoms with Crippen LogP contribution in [0.2, 0.25) is 0 Å². The van der Waals surface area contributed by atoms with Crippen molar-refractivity contribution in [2.24, 2.45) is 0 Å². The van der Waals surface area contributed by atoms with Gasteiger partial charge in [0, 0.05) is 11.3 Å². The molecule has 1 N–H and O–H groups in total. The monoisotopic (exact) mass is 325 g/mol. The molecule has 0 aliphatic rings. The summed E-state index contributed by atoms with van der Waals surface area (Å²) in [7, 11) is 0. The van der Waals surface area contributed by atoms with Crippen molar-refractivity contribution in [1.82, 2.24) is 0 Å². The third-order valence-corrected chi connectivity index (χ3v) is 3.23. The first-order valence-corrected chi connectivity index (χ1v) is 6.29. The number of aryl methyl sites for hydroxylation is 1. The number of rotatable bonds is 2. The molecule has 0 radical (unpaired) electrons. The van der Waals surface area contributed by atoms with Crippen LogP contribution in [-0.2, 0) is 0 Å². The van der Waals surface area contributed by atoms with E-state index in [1.807, 2.05) is 0 Å². The largest absolute Gasteiger partial charge is 0.322 e. The fraction of sp³-hybridized carbons (Fsp3) is 0.0714. The van der Waals surface area contributed by atoms with E-state index in [1.54, 1.807) is 6.92 Å². The number of carbonyl (C=O) groups excluding carboxylic acids is 1. The van der Waals surface area contributed by atoms with Gasteiger partial charge in [0.1, 0.15) is 11.6 Å². The average molecular weight is 326 g/mol. The first kappa shape index (κ1) is 13.7. The van der Waals surface area contributed by atoms with Gasteiger partial charge in [-0.15, -0.1) is 0 Å². The van der Waals surface area contributed by atoms with Gasteiger partial charge in [0.2, 0.25) is 0 Å². The highest BCUT2D eigenvalue weighted by Gasteiger charge is 2.10. The van der Waals surface area contributed by atoms with E-state index in [0.717, 1.165) is 0 Å². The summed E-state index contributed by atoms with van der Waals surface area (Å²) in [5.74, 6) is -1.17. The normalized spacial score (nSPS) is 10.3. The van der Waals surface area contributed by atoms with Gasteiger partial charge in [-0.1, -0.05) is 0 Å². The number of anilines is 1. The molecule has 0 aromatic heterocycles. The predicted molar refractivity (Wildman–Crippen MR) is 73.2 cm³/mol. The van der Waals surface area contributed by atoms with Crippen LogP contribution in [0.5, 0.6) is 0 Å². The summed E-state index contributed by atoms with van der Waals surface area (Å²) in [5.41, 5.74) is 1.44. The van der Waals surface area contributed by atoms with E-state index < -0.39 is 11.6 Å². The summed E-state index contributed by atoms with van der Waals surface area (Å²) in [5, 5.41) is 2.66. The molecule has 0 spiro atoms. The van der Waals surface area contributed by atoms with E-state index in [2.05, 4.69) is 21.2 Å². The molecule has 0 aliphatic heterocycles. The Morgan fingerprint density at radius 3 is 2.42 bits per heavy atom. The summed E-state index contributed by atoms with van der Waals surface area (Å²) < 4.78 is 26.3. The van der Waals surface area contributed by atoms with Gasteiger partial charge in [-0.3, -0.25) is 4.79 Å². The van der Waals surface area contributed by atoms with Gasteiger partial charge in [0.15, 0.2) is 0 Å². The van der Waals surface area contributed by atoms with Crippen LogP contribution in [0.3, 0.4) is 0 Å². The molecular weight excluding hydrogens is 316 g/mol. The van der Waals surface area contributed by atoms with Crippen molar-refractivity contribution in [3.63, 3.8) is 0 Å². The Hall–Kier alpha value is -1.75. The maximum absolute atomic E-state index is 13.3. The maximum Gasteiger partial charge on any atom is 0.255 e. The molecule has 2 rings (SSSR count). The summed E-state index contributed by atoms with van der Waals surface area (Å²) >= 11 is 3.06. The lowest BCUT2D eigenvalue weighted by molar-refractivity contribution is 0.102. The molecule has 0 bridgehead atoms. The zero-order chi connectivity index (χ0) is 14.0. The van der Waals surface area contributed by atoms with Crippen LogP contribution in [-0.4, -0.2) is 5.91 Å². The Kier molecular flexibility index (Phi) is 3.95. The Morgan fingerprint density at radius 2 is 1.79 bits per heavy atom. The fourth-order valence-electron chi connectivity index (χ4n) is 1.58. The Bertz CT molecular complexity index is 626. The second-order valence-corrected chi connectivity index (χ2v) is 4.90. The van der Waals surface area contributed by atoms with E-state index in [-0.39, 0.29) is 10.4 Å². The lowest BCUT2D eigenvalue weighted by atomic mass is 10.1. The van der Waals surface area contributed by atoms with Crippen LogP contribution in [0.25, 0.3) is 0 Å². The molecule has 0 fully saturated rings. The number of nitrogens with one attached hydrogen (secondary N) is 1. The molecule has 2 aromatic carbocycles. The summed E-state index contributed by atoms with van der Waals surface area (Å²) in [6.45, 7) is 1.69. The van der Waals surface area contributed by atoms with Crippen molar-refractivity contribution in [1.29, 1.82) is 0 Å². The highest BCUT2D eigenvalue weighted by Crippen LogP contribution is 2.24. The van der Waals surface area contributed by atoms with Crippen LogP contribution in [0.1, 0.15) is 15.9 Å². The minimum Gasteiger partial charge on any atom is -0.322 e. The van der Waals surface area contributed by atoms with E-state index in [9.17, 15) is 13.6 Å². The van der Waals surface area contributed by atoms with Gasteiger partial charge >= 0.3 is 0 Å². The molecule has 2 aromatic rings. The minimum absolute atomic E-state index is 0.271. The second kappa shape index (κ2) is 5.48. The standard InChI is InChI=1S/C14H10BrF2NO/c1-8-6-12(17)11(15)7-13(8)18-14(19)9-2-4-10(16)5-3-9/h2-7H,1H3,(H,18,19). The third kappa shape index (κ3) is 3.17. The van der Waals surface area contributed by atoms with E-state index in [1.165, 1.54) is 36.4 Å². The number of hydrogen-bond donors (Lipinski definition) is 1. The first-order valence-electron chi connectivity index (χ1n) is 5.50. The Balaban J connectivity index is 2.24. The molecule has 0 heterocycles. The molecule has 0 aliphatic carbocycles. The molecule has 2 nitrogen and oxygen atoms in total. The number of hydrogen-bond acceptors (Lipinski definition) is 1. The van der Waals surface area contributed by atoms with Gasteiger partial charge in [-0.05, 0) is 64.8 Å². The van der Waals surface area contributed by atoms with E-state index in [4.69, 9.17) is 0 Å². The molecule has 19 heavy (non-hydrogen) atoms. The lowest BCUT2D eigenvalue weighted by Gasteiger charge is -2.09. The van der Waals surface area contributed by atoms with Crippen molar-refractivity contribution >= 4 is 27.5 Å². The summed E-state index contributed by atoms with van der Waals surface area (Å²) in [6.07, 6.45) is 0. The van der Waals surface area contributed by atoms with Gasteiger partial charge in [0.05, 0.1) is 4.47 Å². The predicted octanol–water partition coefficient (Wildman–Crippen LogP) is 4.29. The highest BCUT2D eigenvalue weighted by atomic mass is 79.9. The van der Waals surface area contributed by atoms with E-state index >= 15 is 0 Å². The van der Waals surface area contributed by atoms with Crippen molar-refractivity contribution in [3.8, 4) is 0 Å². The number of benzene rings is 2. The number of carbonyl (C=O) groups is 1. The minimum atomic E-state index is -0.405. The second-order valence-electron chi connectivity index (χ2n) is 4.04. The third-order valence-electron chi connectivity index (χ3n) is 2.62. The lowest BCUT2D eigenvalue weighted by Crippen LogP contribution is -2.13. The molecule has 0 saturated heterocycles. The smallest absolute Gasteiger partial charge is 0.255 e. The van der Waals surface area contributed by atoms with Gasteiger partial charge < -0.3 is 5.32 Å². The zero-order valence-corrected chi connectivity index (χ0v) is 11.6. The molecule has 0 saturated carbocycles. The molecule has 0 unspecified atom stereocenters. The first-order chi connectivity index (χ1) is 8.97. The molecular formula is C14H10BrF2NO. The number of amides is 1. The Labute approximate surface area is 117 Å². The summed E-state index contributed by atoms with van der Waals surface area (Å²) in [4.78, 5) is 11.9. The molecule has 5 heteroatoms.